The molecule has 4 rings (SSSR count). The summed E-state index contributed by atoms with van der Waals surface area (Å²) in [5.41, 5.74) is 2.76. The number of aromatic nitrogens is 2. The first kappa shape index (κ1) is 28.8. The average molecular weight is 577 g/mol. The third-order valence-corrected chi connectivity index (χ3v) is 7.87. The van der Waals surface area contributed by atoms with E-state index in [1.165, 1.54) is 6.20 Å². The molecule has 2 aromatic rings. The molecule has 0 unspecified atom stereocenters. The number of nitrogens with one attached hydrogen (secondary N) is 3. The van der Waals surface area contributed by atoms with Gasteiger partial charge in [-0.15, -0.1) is 0 Å². The van der Waals surface area contributed by atoms with Crippen LogP contribution < -0.4 is 15.4 Å². The van der Waals surface area contributed by atoms with Crippen molar-refractivity contribution in [2.45, 2.75) is 62.9 Å². The van der Waals surface area contributed by atoms with E-state index >= 15 is 0 Å². The Morgan fingerprint density at radius 3 is 2.53 bits per heavy atom. The molecule has 0 bridgehead atoms. The van der Waals surface area contributed by atoms with E-state index in [1.807, 2.05) is 18.2 Å². The topological polar surface area (TPSA) is 119 Å². The van der Waals surface area contributed by atoms with Crippen LogP contribution in [0.15, 0.2) is 24.4 Å². The van der Waals surface area contributed by atoms with Gasteiger partial charge >= 0.3 is 6.18 Å². The maximum absolute atomic E-state index is 12.8. The molecule has 4 N–H and O–H groups in total. The second-order valence-electron chi connectivity index (χ2n) is 9.89. The normalized spacial score (nSPS) is 21.8. The highest BCUT2D eigenvalue weighted by atomic mass is 35.5. The first-order valence-electron chi connectivity index (χ1n) is 12.5. The summed E-state index contributed by atoms with van der Waals surface area (Å²) in [5, 5.41) is 16.2. The molecule has 1 fully saturated rings. The van der Waals surface area contributed by atoms with Gasteiger partial charge < -0.3 is 15.7 Å². The van der Waals surface area contributed by atoms with Crippen LogP contribution >= 0.6 is 11.6 Å². The van der Waals surface area contributed by atoms with Crippen LogP contribution in [0.2, 0.25) is 5.02 Å². The molecule has 0 saturated heterocycles. The van der Waals surface area contributed by atoms with Gasteiger partial charge in [-0.3, -0.25) is 4.90 Å². The van der Waals surface area contributed by atoms with Crippen molar-refractivity contribution < 1.29 is 26.7 Å². The van der Waals surface area contributed by atoms with Gasteiger partial charge in [0.15, 0.2) is 11.9 Å². The maximum Gasteiger partial charge on any atom is 0.415 e. The van der Waals surface area contributed by atoms with Crippen molar-refractivity contribution in [3.63, 3.8) is 0 Å². The Bertz CT molecular complexity index is 1230. The van der Waals surface area contributed by atoms with Crippen LogP contribution in [-0.4, -0.2) is 78.6 Å². The summed E-state index contributed by atoms with van der Waals surface area (Å²) in [6, 6.07) is 5.27. The first-order chi connectivity index (χ1) is 17.9. The average Bonchev–Trinajstić information content (AvgIpc) is 3.03. The van der Waals surface area contributed by atoms with Gasteiger partial charge in [-0.1, -0.05) is 30.5 Å². The molecule has 1 aromatic carbocycles. The number of hydrogen-bond acceptors (Lipinski definition) is 8. The summed E-state index contributed by atoms with van der Waals surface area (Å²) < 4.78 is 64.6. The fraction of sp³-hybridized carbons (Fsp3) is 0.583. The summed E-state index contributed by atoms with van der Waals surface area (Å²) in [7, 11) is -3.37. The number of fused-ring (bicyclic) bond motifs is 1. The van der Waals surface area contributed by atoms with Crippen LogP contribution in [0.5, 0.6) is 0 Å². The molecule has 1 saturated carbocycles. The number of aliphatic hydroxyl groups is 1. The minimum Gasteiger partial charge on any atom is -0.382 e. The Morgan fingerprint density at radius 2 is 1.84 bits per heavy atom. The van der Waals surface area contributed by atoms with Crippen molar-refractivity contribution in [3.8, 4) is 0 Å². The van der Waals surface area contributed by atoms with Crippen LogP contribution in [-0.2, 0) is 22.9 Å². The highest BCUT2D eigenvalue weighted by molar-refractivity contribution is 7.88. The van der Waals surface area contributed by atoms with Crippen molar-refractivity contribution in [2.24, 2.45) is 0 Å². The SMILES string of the molecule is CS(=O)(=O)N[C@@H]1CCCC[C@H]1Nc1nc(Nc2ccc3c(c2)CCN(C[C@H](O)C(F)(F)F)CC3)ncc1Cl. The first-order valence-corrected chi connectivity index (χ1v) is 14.8. The second kappa shape index (κ2) is 11.9. The molecule has 210 valence electrons. The Hall–Kier alpha value is -2.19. The smallest absolute Gasteiger partial charge is 0.382 e. The predicted octanol–water partition coefficient (Wildman–Crippen LogP) is 3.47. The molecular formula is C24H32ClF3N6O3S. The lowest BCUT2D eigenvalue weighted by Gasteiger charge is -2.32. The third kappa shape index (κ3) is 7.92. The quantitative estimate of drug-likeness (QED) is 0.377. The van der Waals surface area contributed by atoms with Gasteiger partial charge in [-0.25, -0.2) is 18.1 Å². The number of sulfonamides is 1. The molecule has 3 atom stereocenters. The van der Waals surface area contributed by atoms with Gasteiger partial charge in [0.1, 0.15) is 5.02 Å². The number of benzene rings is 1. The zero-order valence-electron chi connectivity index (χ0n) is 20.9. The molecule has 1 aliphatic heterocycles. The fourth-order valence-electron chi connectivity index (χ4n) is 4.93. The summed E-state index contributed by atoms with van der Waals surface area (Å²) in [6.07, 6.45) is 0.0798. The lowest BCUT2D eigenvalue weighted by Crippen LogP contribution is -2.48. The molecule has 2 heterocycles. The van der Waals surface area contributed by atoms with E-state index in [9.17, 15) is 26.7 Å². The summed E-state index contributed by atoms with van der Waals surface area (Å²) in [6.45, 7) is 0.385. The number of rotatable bonds is 8. The molecule has 0 amide bonds. The lowest BCUT2D eigenvalue weighted by molar-refractivity contribution is -0.208. The minimum atomic E-state index is -4.63. The van der Waals surface area contributed by atoms with Gasteiger partial charge in [0.25, 0.3) is 0 Å². The van der Waals surface area contributed by atoms with E-state index in [-0.39, 0.29) is 12.1 Å². The fourth-order valence-corrected chi connectivity index (χ4v) is 5.91. The lowest BCUT2D eigenvalue weighted by atomic mass is 9.91. The van der Waals surface area contributed by atoms with Gasteiger partial charge in [-0.05, 0) is 48.9 Å². The van der Waals surface area contributed by atoms with Gasteiger partial charge in [-0.2, -0.15) is 18.2 Å². The van der Waals surface area contributed by atoms with Crippen LogP contribution in [0.4, 0.5) is 30.6 Å². The van der Waals surface area contributed by atoms with Crippen LogP contribution in [0.3, 0.4) is 0 Å². The molecule has 0 spiro atoms. The number of alkyl halides is 3. The van der Waals surface area contributed by atoms with Gasteiger partial charge in [0.05, 0.1) is 12.5 Å². The molecule has 0 radical (unpaired) electrons. The van der Waals surface area contributed by atoms with Crippen molar-refractivity contribution in [1.29, 1.82) is 0 Å². The highest BCUT2D eigenvalue weighted by Crippen LogP contribution is 2.28. The van der Waals surface area contributed by atoms with E-state index in [2.05, 4.69) is 25.3 Å². The summed E-state index contributed by atoms with van der Waals surface area (Å²) in [4.78, 5) is 10.4. The van der Waals surface area contributed by atoms with Gasteiger partial charge in [0, 0.05) is 37.4 Å². The van der Waals surface area contributed by atoms with Crippen molar-refractivity contribution >= 4 is 39.1 Å². The van der Waals surface area contributed by atoms with E-state index in [4.69, 9.17) is 11.6 Å². The molecule has 14 heteroatoms. The number of anilines is 3. The standard InChI is InChI=1S/C24H32ClF3N6O3S/c1-38(36,37)33-20-5-3-2-4-19(20)31-22-18(25)13-29-23(32-22)30-17-7-6-15-8-10-34(11-9-16(15)12-17)14-21(35)24(26,27)28/h6-7,12-13,19-21,33,35H,2-5,8-11,14H2,1H3,(H2,29,30,31,32)/t19-,20-,21+/m1/s1. The second-order valence-corrected chi connectivity index (χ2v) is 12.1. The largest absolute Gasteiger partial charge is 0.415 e. The van der Waals surface area contributed by atoms with Crippen LogP contribution in [0, 0.1) is 0 Å². The number of hydrogen-bond donors (Lipinski definition) is 4. The zero-order valence-corrected chi connectivity index (χ0v) is 22.5. The number of nitrogens with zero attached hydrogens (tertiary/aromatic N) is 3. The molecule has 1 aliphatic carbocycles. The van der Waals surface area contributed by atoms with Crippen molar-refractivity contribution in [1.82, 2.24) is 19.6 Å². The van der Waals surface area contributed by atoms with E-state index < -0.39 is 28.8 Å². The predicted molar refractivity (Wildman–Crippen MR) is 140 cm³/mol. The Kier molecular flexibility index (Phi) is 9.03. The van der Waals surface area contributed by atoms with E-state index in [0.29, 0.717) is 49.1 Å². The van der Waals surface area contributed by atoms with Crippen molar-refractivity contribution in [2.75, 3.05) is 36.5 Å². The molecular weight excluding hydrogens is 545 g/mol. The van der Waals surface area contributed by atoms with E-state index in [0.717, 1.165) is 42.3 Å². The number of halogens is 4. The third-order valence-electron chi connectivity index (χ3n) is 6.86. The molecule has 1 aromatic heterocycles. The summed E-state index contributed by atoms with van der Waals surface area (Å²) >= 11 is 6.34. The Balaban J connectivity index is 1.43. The monoisotopic (exact) mass is 576 g/mol. The Labute approximate surface area is 225 Å². The minimum absolute atomic E-state index is 0.176. The summed E-state index contributed by atoms with van der Waals surface area (Å²) in [5.74, 6) is 0.689. The number of aliphatic hydroxyl groups excluding tert-OH is 1. The number of β-amino-alcohol motifs (C(OH)–C–C–N with tert-alkyl or cyclic N) is 1. The van der Waals surface area contributed by atoms with E-state index in [1.54, 1.807) is 4.90 Å². The molecule has 38 heavy (non-hydrogen) atoms. The highest BCUT2D eigenvalue weighted by Gasteiger charge is 2.39. The molecule has 9 nitrogen and oxygen atoms in total. The zero-order chi connectivity index (χ0) is 27.5. The Morgan fingerprint density at radius 1 is 1.16 bits per heavy atom. The van der Waals surface area contributed by atoms with Crippen molar-refractivity contribution in [3.05, 3.63) is 40.5 Å². The van der Waals surface area contributed by atoms with Gasteiger partial charge in [0.2, 0.25) is 16.0 Å². The van der Waals surface area contributed by atoms with Crippen LogP contribution in [0.25, 0.3) is 0 Å². The van der Waals surface area contributed by atoms with Crippen LogP contribution in [0.1, 0.15) is 36.8 Å². The maximum atomic E-state index is 12.8. The molecule has 2 aliphatic rings.